The van der Waals surface area contributed by atoms with Gasteiger partial charge in [0.2, 0.25) is 11.7 Å². The molecule has 4 rings (SSSR count). The number of likely N-dealkylation sites (tertiary alicyclic amines) is 1. The monoisotopic (exact) mass is 448 g/mol. The Bertz CT molecular complexity index is 1280. The highest BCUT2D eigenvalue weighted by Crippen LogP contribution is 2.32. The molecule has 0 unspecified atom stereocenters. The van der Waals surface area contributed by atoms with Crippen LogP contribution in [0.5, 0.6) is 0 Å². The van der Waals surface area contributed by atoms with E-state index in [1.54, 1.807) is 52.8 Å². The molecule has 2 amide bonds. The molecule has 1 aliphatic heterocycles. The second-order valence-electron chi connectivity index (χ2n) is 7.52. The number of carbonyl (C=O) groups is 2. The number of anilines is 1. The lowest BCUT2D eigenvalue weighted by Crippen LogP contribution is -2.37. The Morgan fingerprint density at radius 3 is 2.91 bits per heavy atom. The number of fused-ring (bicyclic) bond motifs is 1. The smallest absolute Gasteiger partial charge is 0.255 e. The first kappa shape index (κ1) is 22.0. The number of hydrogen-bond acceptors (Lipinski definition) is 7. The fourth-order valence-electron chi connectivity index (χ4n) is 4.06. The summed E-state index contributed by atoms with van der Waals surface area (Å²) in [5.74, 6) is 5.97. The highest BCUT2D eigenvalue weighted by molar-refractivity contribution is 6.00. The SMILES string of the molecule is C=CC(=O)N1C[C@@H](n2nc(C#Cc3ccn4ccnc4n3)c(C(N)=O)c2NC)C[C@@H]1COC. The van der Waals surface area contributed by atoms with Crippen LogP contribution in [-0.4, -0.2) is 74.2 Å². The molecule has 170 valence electrons. The van der Waals surface area contributed by atoms with E-state index >= 15 is 0 Å². The van der Waals surface area contributed by atoms with Gasteiger partial charge in [-0.1, -0.05) is 6.58 Å². The van der Waals surface area contributed by atoms with Crippen LogP contribution in [0.15, 0.2) is 37.3 Å². The van der Waals surface area contributed by atoms with Crippen molar-refractivity contribution in [3.63, 3.8) is 0 Å². The highest BCUT2D eigenvalue weighted by Gasteiger charge is 2.37. The van der Waals surface area contributed by atoms with Crippen molar-refractivity contribution >= 4 is 23.4 Å². The van der Waals surface area contributed by atoms with Crippen molar-refractivity contribution in [2.75, 3.05) is 32.6 Å². The van der Waals surface area contributed by atoms with E-state index in [-0.39, 0.29) is 29.2 Å². The molecular weight excluding hydrogens is 424 g/mol. The van der Waals surface area contributed by atoms with Crippen LogP contribution in [0.4, 0.5) is 5.82 Å². The first-order chi connectivity index (χ1) is 16.0. The third-order valence-corrected chi connectivity index (χ3v) is 5.52. The average molecular weight is 448 g/mol. The number of nitrogens with two attached hydrogens (primary N) is 1. The maximum atomic E-state index is 12.3. The summed E-state index contributed by atoms with van der Waals surface area (Å²) in [6, 6.07) is 1.40. The summed E-state index contributed by atoms with van der Waals surface area (Å²) >= 11 is 0. The maximum Gasteiger partial charge on any atom is 0.255 e. The molecule has 3 aromatic rings. The number of methoxy groups -OCH3 is 1. The summed E-state index contributed by atoms with van der Waals surface area (Å²) in [5, 5.41) is 7.61. The summed E-state index contributed by atoms with van der Waals surface area (Å²) in [6.45, 7) is 4.35. The maximum absolute atomic E-state index is 12.3. The number of primary amides is 1. The van der Waals surface area contributed by atoms with Crippen LogP contribution in [0.3, 0.4) is 0 Å². The number of aromatic nitrogens is 5. The van der Waals surface area contributed by atoms with Gasteiger partial charge in [-0.2, -0.15) is 5.10 Å². The number of nitrogens with zero attached hydrogens (tertiary/aromatic N) is 6. The van der Waals surface area contributed by atoms with Crippen LogP contribution in [0.1, 0.15) is 34.2 Å². The summed E-state index contributed by atoms with van der Waals surface area (Å²) in [4.78, 5) is 34.8. The van der Waals surface area contributed by atoms with Gasteiger partial charge in [0, 0.05) is 39.3 Å². The number of hydrogen-bond donors (Lipinski definition) is 2. The summed E-state index contributed by atoms with van der Waals surface area (Å²) in [5.41, 5.74) is 6.57. The molecule has 3 aromatic heterocycles. The molecular formula is C22H24N8O3. The van der Waals surface area contributed by atoms with Crippen molar-refractivity contribution in [2.45, 2.75) is 18.5 Å². The molecule has 0 aromatic carbocycles. The van der Waals surface area contributed by atoms with Crippen LogP contribution in [0.2, 0.25) is 0 Å². The van der Waals surface area contributed by atoms with E-state index in [4.69, 9.17) is 10.5 Å². The van der Waals surface area contributed by atoms with Gasteiger partial charge in [-0.3, -0.25) is 14.0 Å². The molecule has 0 saturated carbocycles. The molecule has 0 spiro atoms. The number of rotatable bonds is 6. The fourth-order valence-corrected chi connectivity index (χ4v) is 4.06. The van der Waals surface area contributed by atoms with E-state index in [2.05, 4.69) is 38.8 Å². The number of carbonyl (C=O) groups excluding carboxylic acids is 2. The molecule has 1 aliphatic rings. The largest absolute Gasteiger partial charge is 0.383 e. The molecule has 1 saturated heterocycles. The minimum atomic E-state index is -0.656. The van der Waals surface area contributed by atoms with Gasteiger partial charge < -0.3 is 20.7 Å². The van der Waals surface area contributed by atoms with Gasteiger partial charge in [0.1, 0.15) is 17.1 Å². The Morgan fingerprint density at radius 1 is 1.39 bits per heavy atom. The van der Waals surface area contributed by atoms with Crippen molar-refractivity contribution in [2.24, 2.45) is 5.73 Å². The molecule has 0 radical (unpaired) electrons. The van der Waals surface area contributed by atoms with Crippen molar-refractivity contribution < 1.29 is 14.3 Å². The number of amides is 2. The standard InChI is InChI=1S/C22H24N8O3/c1-4-18(31)29-12-15(11-16(29)13-33-3)30-21(24-2)19(20(23)32)17(27-30)6-5-14-7-9-28-10-8-25-22(28)26-14/h4,7-10,15-16,24H,1,11-13H2,2-3H3,(H2,23,32)/t15-,16+/m0/s1. The Morgan fingerprint density at radius 2 is 2.21 bits per heavy atom. The van der Waals surface area contributed by atoms with Crippen LogP contribution in [-0.2, 0) is 9.53 Å². The Labute approximate surface area is 190 Å². The first-order valence-corrected chi connectivity index (χ1v) is 10.3. The molecule has 33 heavy (non-hydrogen) atoms. The zero-order valence-corrected chi connectivity index (χ0v) is 18.4. The van der Waals surface area contributed by atoms with E-state index < -0.39 is 5.91 Å². The van der Waals surface area contributed by atoms with Crippen molar-refractivity contribution in [3.05, 3.63) is 54.3 Å². The molecule has 11 nitrogen and oxygen atoms in total. The molecule has 0 aliphatic carbocycles. The molecule has 2 atom stereocenters. The van der Waals surface area contributed by atoms with Crippen LogP contribution >= 0.6 is 0 Å². The lowest BCUT2D eigenvalue weighted by Gasteiger charge is -2.22. The van der Waals surface area contributed by atoms with Gasteiger partial charge in [-0.05, 0) is 30.4 Å². The molecule has 11 heteroatoms. The van der Waals surface area contributed by atoms with Crippen LogP contribution in [0, 0.1) is 11.8 Å². The van der Waals surface area contributed by atoms with E-state index in [1.165, 1.54) is 6.08 Å². The van der Waals surface area contributed by atoms with Crippen molar-refractivity contribution in [1.29, 1.82) is 0 Å². The van der Waals surface area contributed by atoms with Crippen LogP contribution < -0.4 is 11.1 Å². The number of ether oxygens (including phenoxy) is 1. The molecule has 1 fully saturated rings. The quantitative estimate of drug-likeness (QED) is 0.413. The van der Waals surface area contributed by atoms with E-state index in [1.807, 2.05) is 0 Å². The molecule has 0 bridgehead atoms. The Hall–Kier alpha value is -4.17. The minimum Gasteiger partial charge on any atom is -0.383 e. The van der Waals surface area contributed by atoms with Crippen molar-refractivity contribution in [3.8, 4) is 11.8 Å². The normalized spacial score (nSPS) is 17.6. The van der Waals surface area contributed by atoms with Gasteiger partial charge in [0.05, 0.1) is 18.7 Å². The van der Waals surface area contributed by atoms with E-state index in [0.29, 0.717) is 36.9 Å². The Kier molecular flexibility index (Phi) is 6.10. The summed E-state index contributed by atoms with van der Waals surface area (Å²) < 4.78 is 8.73. The lowest BCUT2D eigenvalue weighted by atomic mass is 10.1. The van der Waals surface area contributed by atoms with Gasteiger partial charge in [0.25, 0.3) is 5.91 Å². The summed E-state index contributed by atoms with van der Waals surface area (Å²) in [6.07, 6.45) is 7.09. The van der Waals surface area contributed by atoms with Gasteiger partial charge >= 0.3 is 0 Å². The van der Waals surface area contributed by atoms with Gasteiger partial charge in [-0.15, -0.1) is 0 Å². The Balaban J connectivity index is 1.72. The van der Waals surface area contributed by atoms with Gasteiger partial charge in [0.15, 0.2) is 5.69 Å². The highest BCUT2D eigenvalue weighted by atomic mass is 16.5. The zero-order chi connectivity index (χ0) is 23.5. The zero-order valence-electron chi connectivity index (χ0n) is 18.4. The van der Waals surface area contributed by atoms with E-state index in [0.717, 1.165) is 0 Å². The minimum absolute atomic E-state index is 0.142. The van der Waals surface area contributed by atoms with Crippen LogP contribution in [0.25, 0.3) is 5.78 Å². The molecule has 4 heterocycles. The third-order valence-electron chi connectivity index (χ3n) is 5.52. The number of imidazole rings is 1. The second kappa shape index (κ2) is 9.13. The first-order valence-electron chi connectivity index (χ1n) is 10.3. The van der Waals surface area contributed by atoms with Crippen molar-refractivity contribution in [1.82, 2.24) is 29.0 Å². The molecule has 3 N–H and O–H groups in total. The second-order valence-corrected chi connectivity index (χ2v) is 7.52. The third kappa shape index (κ3) is 4.16. The topological polar surface area (TPSA) is 133 Å². The summed E-state index contributed by atoms with van der Waals surface area (Å²) in [7, 11) is 3.27. The predicted octanol–water partition coefficient (Wildman–Crippen LogP) is 0.441. The van der Waals surface area contributed by atoms with E-state index in [9.17, 15) is 9.59 Å². The fraction of sp³-hybridized carbons (Fsp3) is 0.318. The lowest BCUT2D eigenvalue weighted by molar-refractivity contribution is -0.127. The average Bonchev–Trinajstić information content (AvgIpc) is 3.53. The predicted molar refractivity (Wildman–Crippen MR) is 120 cm³/mol. The number of nitrogens with one attached hydrogen (secondary N) is 1. The van der Waals surface area contributed by atoms with Gasteiger partial charge in [-0.25, -0.2) is 14.6 Å².